The van der Waals surface area contributed by atoms with Crippen LogP contribution in [0.1, 0.15) is 5.56 Å². The molecule has 0 aliphatic carbocycles. The van der Waals surface area contributed by atoms with Gasteiger partial charge in [-0.3, -0.25) is 4.79 Å². The summed E-state index contributed by atoms with van der Waals surface area (Å²) in [4.78, 5) is 12.1. The van der Waals surface area contributed by atoms with Gasteiger partial charge >= 0.3 is 0 Å². The van der Waals surface area contributed by atoms with Crippen LogP contribution in [0.3, 0.4) is 0 Å². The third-order valence-corrected chi connectivity index (χ3v) is 3.39. The van der Waals surface area contributed by atoms with Gasteiger partial charge in [-0.15, -0.1) is 0 Å². The molecule has 1 heterocycles. The maximum Gasteiger partial charge on any atom is 0.255 e. The first kappa shape index (κ1) is 14.5. The summed E-state index contributed by atoms with van der Waals surface area (Å²) >= 11 is 5.90. The van der Waals surface area contributed by atoms with E-state index in [1.54, 1.807) is 24.3 Å². The Balaban J connectivity index is 1.82. The number of carbonyl (C=O) groups is 1. The third kappa shape index (κ3) is 2.94. The fraction of sp³-hybridized carbons (Fsp3) is 0.0625. The van der Waals surface area contributed by atoms with Gasteiger partial charge < -0.3 is 10.1 Å². The highest BCUT2D eigenvalue weighted by molar-refractivity contribution is 6.30. The maximum absolute atomic E-state index is 13.1. The Morgan fingerprint density at radius 1 is 1.14 bits per heavy atom. The fourth-order valence-electron chi connectivity index (χ4n) is 2.06. The summed E-state index contributed by atoms with van der Waals surface area (Å²) < 4.78 is 31.5. The molecule has 2 aromatic carbocycles. The van der Waals surface area contributed by atoms with Gasteiger partial charge in [0.05, 0.1) is 5.57 Å². The van der Waals surface area contributed by atoms with Crippen LogP contribution in [0.2, 0.25) is 5.02 Å². The molecule has 0 fully saturated rings. The Labute approximate surface area is 130 Å². The molecule has 6 heteroatoms. The molecule has 1 aliphatic rings. The molecular formula is C16H10ClF2NO2. The zero-order chi connectivity index (χ0) is 15.7. The van der Waals surface area contributed by atoms with Crippen LogP contribution in [0.15, 0.2) is 42.0 Å². The predicted molar refractivity (Wildman–Crippen MR) is 79.9 cm³/mol. The monoisotopic (exact) mass is 321 g/mol. The van der Waals surface area contributed by atoms with Crippen molar-refractivity contribution < 1.29 is 18.3 Å². The predicted octanol–water partition coefficient (Wildman–Crippen LogP) is 4.03. The zero-order valence-electron chi connectivity index (χ0n) is 11.2. The van der Waals surface area contributed by atoms with Crippen molar-refractivity contribution in [1.29, 1.82) is 0 Å². The van der Waals surface area contributed by atoms with Gasteiger partial charge in [0.25, 0.3) is 5.91 Å². The molecule has 0 aromatic heterocycles. The van der Waals surface area contributed by atoms with Crippen LogP contribution < -0.4 is 10.1 Å². The minimum absolute atomic E-state index is 0.0874. The molecule has 0 radical (unpaired) electrons. The average Bonchev–Trinajstić information content (AvgIpc) is 2.50. The highest BCUT2D eigenvalue weighted by atomic mass is 35.5. The molecule has 0 unspecified atom stereocenters. The Bertz CT molecular complexity index is 790. The number of fused-ring (bicyclic) bond motifs is 1. The molecule has 0 atom stereocenters. The van der Waals surface area contributed by atoms with Crippen molar-refractivity contribution in [3.8, 4) is 5.75 Å². The number of amides is 1. The van der Waals surface area contributed by atoms with E-state index in [1.165, 1.54) is 6.07 Å². The number of hydrogen-bond acceptors (Lipinski definition) is 2. The first-order valence-corrected chi connectivity index (χ1v) is 6.80. The summed E-state index contributed by atoms with van der Waals surface area (Å²) in [6.45, 7) is 0.0874. The van der Waals surface area contributed by atoms with Crippen molar-refractivity contribution in [2.75, 3.05) is 11.9 Å². The summed E-state index contributed by atoms with van der Waals surface area (Å²) in [7, 11) is 0. The first-order chi connectivity index (χ1) is 10.5. The van der Waals surface area contributed by atoms with Crippen molar-refractivity contribution in [1.82, 2.24) is 0 Å². The normalized spacial score (nSPS) is 13.0. The number of nitrogens with one attached hydrogen (secondary N) is 1. The summed E-state index contributed by atoms with van der Waals surface area (Å²) in [6, 6.07) is 8.25. The van der Waals surface area contributed by atoms with Crippen LogP contribution in [0.25, 0.3) is 6.08 Å². The number of rotatable bonds is 2. The van der Waals surface area contributed by atoms with E-state index in [1.807, 2.05) is 0 Å². The number of hydrogen-bond donors (Lipinski definition) is 1. The van der Waals surface area contributed by atoms with E-state index < -0.39 is 17.5 Å². The van der Waals surface area contributed by atoms with Gasteiger partial charge in [0, 0.05) is 22.3 Å². The Hall–Kier alpha value is -2.40. The van der Waals surface area contributed by atoms with Gasteiger partial charge in [-0.1, -0.05) is 11.6 Å². The highest BCUT2D eigenvalue weighted by Crippen LogP contribution is 2.29. The SMILES string of the molecule is O=C(Nc1ccc(F)c(F)c1)C1=Cc2cc(Cl)ccc2OC1. The minimum atomic E-state index is -1.02. The van der Waals surface area contributed by atoms with Gasteiger partial charge in [-0.2, -0.15) is 0 Å². The molecule has 1 aliphatic heterocycles. The largest absolute Gasteiger partial charge is 0.488 e. The average molecular weight is 322 g/mol. The second-order valence-electron chi connectivity index (χ2n) is 4.72. The third-order valence-electron chi connectivity index (χ3n) is 3.15. The molecule has 3 nitrogen and oxygen atoms in total. The van der Waals surface area contributed by atoms with Gasteiger partial charge in [-0.05, 0) is 36.4 Å². The van der Waals surface area contributed by atoms with Crippen LogP contribution >= 0.6 is 11.6 Å². The van der Waals surface area contributed by atoms with Crippen LogP contribution in [0, 0.1) is 11.6 Å². The van der Waals surface area contributed by atoms with Crippen molar-refractivity contribution in [2.24, 2.45) is 0 Å². The smallest absolute Gasteiger partial charge is 0.255 e. The Morgan fingerprint density at radius 2 is 1.95 bits per heavy atom. The summed E-state index contributed by atoms with van der Waals surface area (Å²) in [6.07, 6.45) is 1.65. The van der Waals surface area contributed by atoms with Crippen molar-refractivity contribution in [3.05, 3.63) is 64.2 Å². The number of ether oxygens (including phenoxy) is 1. The van der Waals surface area contributed by atoms with Crippen LogP contribution in [-0.2, 0) is 4.79 Å². The molecule has 2 aromatic rings. The van der Waals surface area contributed by atoms with Gasteiger partial charge in [0.15, 0.2) is 11.6 Å². The number of carbonyl (C=O) groups excluding carboxylic acids is 1. The Morgan fingerprint density at radius 3 is 2.73 bits per heavy atom. The van der Waals surface area contributed by atoms with Crippen molar-refractivity contribution in [2.45, 2.75) is 0 Å². The Kier molecular flexibility index (Phi) is 3.81. The molecule has 3 rings (SSSR count). The van der Waals surface area contributed by atoms with Crippen LogP contribution in [0.5, 0.6) is 5.75 Å². The molecular weight excluding hydrogens is 312 g/mol. The lowest BCUT2D eigenvalue weighted by molar-refractivity contribution is -0.113. The minimum Gasteiger partial charge on any atom is -0.488 e. The standard InChI is InChI=1S/C16H10ClF2NO2/c17-11-1-4-15-9(6-11)5-10(8-22-15)16(21)20-12-2-3-13(18)14(19)7-12/h1-7H,8H2,(H,20,21). The second kappa shape index (κ2) is 5.77. The lowest BCUT2D eigenvalue weighted by atomic mass is 10.1. The molecule has 22 heavy (non-hydrogen) atoms. The number of anilines is 1. The van der Waals surface area contributed by atoms with Crippen LogP contribution in [-0.4, -0.2) is 12.5 Å². The first-order valence-electron chi connectivity index (χ1n) is 6.42. The summed E-state index contributed by atoms with van der Waals surface area (Å²) in [5.74, 6) is -1.81. The molecule has 1 amide bonds. The molecule has 0 saturated carbocycles. The lowest BCUT2D eigenvalue weighted by Crippen LogP contribution is -2.21. The van der Waals surface area contributed by atoms with Crippen molar-refractivity contribution in [3.63, 3.8) is 0 Å². The molecule has 112 valence electrons. The molecule has 0 saturated heterocycles. The van der Waals surface area contributed by atoms with E-state index in [9.17, 15) is 13.6 Å². The van der Waals surface area contributed by atoms with E-state index in [-0.39, 0.29) is 12.3 Å². The fourth-order valence-corrected chi connectivity index (χ4v) is 2.25. The molecule has 0 spiro atoms. The quantitative estimate of drug-likeness (QED) is 0.907. The highest BCUT2D eigenvalue weighted by Gasteiger charge is 2.18. The maximum atomic E-state index is 13.1. The van der Waals surface area contributed by atoms with E-state index in [0.29, 0.717) is 21.9 Å². The van der Waals surface area contributed by atoms with E-state index in [2.05, 4.69) is 5.32 Å². The zero-order valence-corrected chi connectivity index (χ0v) is 12.0. The molecule has 1 N–H and O–H groups in total. The molecule has 0 bridgehead atoms. The topological polar surface area (TPSA) is 38.3 Å². The second-order valence-corrected chi connectivity index (χ2v) is 5.16. The number of halogens is 3. The summed E-state index contributed by atoms with van der Waals surface area (Å²) in [5.41, 5.74) is 1.22. The van der Waals surface area contributed by atoms with Crippen molar-refractivity contribution >= 4 is 29.3 Å². The van der Waals surface area contributed by atoms with Crippen LogP contribution in [0.4, 0.5) is 14.5 Å². The van der Waals surface area contributed by atoms with Gasteiger partial charge in [-0.25, -0.2) is 8.78 Å². The lowest BCUT2D eigenvalue weighted by Gasteiger charge is -2.17. The van der Waals surface area contributed by atoms with E-state index in [0.717, 1.165) is 12.1 Å². The van der Waals surface area contributed by atoms with Gasteiger partial charge in [0.1, 0.15) is 12.4 Å². The van der Waals surface area contributed by atoms with E-state index in [4.69, 9.17) is 16.3 Å². The summed E-state index contributed by atoms with van der Waals surface area (Å²) in [5, 5.41) is 3.03. The van der Waals surface area contributed by atoms with Gasteiger partial charge in [0.2, 0.25) is 0 Å². The number of benzene rings is 2. The van der Waals surface area contributed by atoms with E-state index >= 15 is 0 Å².